The van der Waals surface area contributed by atoms with Gasteiger partial charge < -0.3 is 42.3 Å². The smallest absolute Gasteiger partial charge is 0.276 e. The van der Waals surface area contributed by atoms with Crippen molar-refractivity contribution in [2.24, 2.45) is 28.9 Å². The summed E-state index contributed by atoms with van der Waals surface area (Å²) < 4.78 is 17.0. The average molecular weight is 781 g/mol. The number of primary amides is 2. The molecule has 2 unspecified atom stereocenters. The number of unbranched alkanes of at least 4 members (excludes halogenated alkanes) is 1. The summed E-state index contributed by atoms with van der Waals surface area (Å²) >= 11 is 0. The van der Waals surface area contributed by atoms with Gasteiger partial charge in [0.2, 0.25) is 17.8 Å². The molecule has 4 heterocycles. The van der Waals surface area contributed by atoms with E-state index in [1.807, 2.05) is 32.3 Å². The number of carbonyl (C=O) groups is 4. The number of anilines is 1. The van der Waals surface area contributed by atoms with E-state index in [9.17, 15) is 19.2 Å². The second-order valence-electron chi connectivity index (χ2n) is 14.7. The van der Waals surface area contributed by atoms with Crippen molar-refractivity contribution >= 4 is 40.6 Å². The molecular weight excluding hydrogens is 733 g/mol. The van der Waals surface area contributed by atoms with Crippen molar-refractivity contribution in [3.63, 3.8) is 0 Å². The Bertz CT molecular complexity index is 2430. The minimum absolute atomic E-state index is 0.198. The van der Waals surface area contributed by atoms with E-state index in [1.165, 1.54) is 7.11 Å². The summed E-state index contributed by atoms with van der Waals surface area (Å²) in [6, 6.07) is 8.87. The highest BCUT2D eigenvalue weighted by atomic mass is 16.5. The van der Waals surface area contributed by atoms with Crippen LogP contribution in [0.25, 0.3) is 11.0 Å². The number of nitrogens with zero attached hydrogens (tertiary/aromatic N) is 6. The number of rotatable bonds is 14. The van der Waals surface area contributed by atoms with Crippen molar-refractivity contribution in [2.45, 2.75) is 84.2 Å². The van der Waals surface area contributed by atoms with Crippen LogP contribution in [0.2, 0.25) is 0 Å². The molecule has 18 nitrogen and oxygen atoms in total. The molecule has 0 spiro atoms. The van der Waals surface area contributed by atoms with Gasteiger partial charge in [-0.1, -0.05) is 6.42 Å². The van der Waals surface area contributed by atoms with Crippen LogP contribution in [0, 0.1) is 19.8 Å². The Kier molecular flexibility index (Phi) is 10.3. The van der Waals surface area contributed by atoms with Crippen molar-refractivity contribution < 1.29 is 28.7 Å². The number of imidazole rings is 1. The van der Waals surface area contributed by atoms with E-state index in [0.29, 0.717) is 89.8 Å². The summed E-state index contributed by atoms with van der Waals surface area (Å²) in [4.78, 5) is 56.7. The largest absolute Gasteiger partial charge is 0.494 e. The van der Waals surface area contributed by atoms with E-state index in [0.717, 1.165) is 5.56 Å². The third-order valence-electron chi connectivity index (χ3n) is 11.0. The average Bonchev–Trinajstić information content (AvgIpc) is 3.92. The van der Waals surface area contributed by atoms with E-state index < -0.39 is 41.3 Å². The van der Waals surface area contributed by atoms with Gasteiger partial charge in [0.1, 0.15) is 34.1 Å². The SMILES string of the molecule is CCn1nc(C)cc1C(=O)Nc1nc2cc(C(N)=O)cc(OC)c2n1CCCC[C@@H]1COc2cc(C(N)=O)cc3c2C1[C@@](N)(NC(=O)c1cc(C)nn1CC)C3N. The van der Waals surface area contributed by atoms with Crippen molar-refractivity contribution in [3.8, 4) is 11.5 Å². The van der Waals surface area contributed by atoms with Gasteiger partial charge >= 0.3 is 0 Å². The van der Waals surface area contributed by atoms with Gasteiger partial charge in [-0.15, -0.1) is 0 Å². The second-order valence-corrected chi connectivity index (χ2v) is 14.7. The molecule has 2 aromatic carbocycles. The normalized spacial score (nSPS) is 19.6. The lowest BCUT2D eigenvalue weighted by molar-refractivity contribution is 0.0779. The van der Waals surface area contributed by atoms with Gasteiger partial charge in [-0.05, 0) is 82.5 Å². The van der Waals surface area contributed by atoms with Crippen molar-refractivity contribution in [1.29, 1.82) is 0 Å². The highest BCUT2D eigenvalue weighted by Crippen LogP contribution is 2.55. The molecule has 0 saturated heterocycles. The number of nitrogens with one attached hydrogen (secondary N) is 2. The molecule has 0 bridgehead atoms. The number of nitrogens with two attached hydrogens (primary N) is 4. The van der Waals surface area contributed by atoms with Gasteiger partial charge in [0.15, 0.2) is 0 Å². The molecular formula is C39H48N12O6. The molecule has 4 amide bonds. The molecule has 4 atom stereocenters. The standard InChI is InChI=1S/C39H48N12O6/c1-6-50-26(12-19(3)47-50)36(54)45-38-44-25-15-23(35(42)53)17-29(56-5)32(25)49(38)11-9-8-10-21-18-57-28-16-22(34(41)52)14-24-30(28)31(21)39(43,33(24)40)46-37(55)27-13-20(4)48-51(27)7-2/h12-17,21,31,33H,6-11,18,40,43H2,1-5H3,(H2,41,52)(H2,42,53)(H,46,55)(H,44,45,54)/t21-,31?,33?,39-/m1/s1. The Hall–Kier alpha value is -6.27. The molecule has 57 heavy (non-hydrogen) atoms. The zero-order valence-corrected chi connectivity index (χ0v) is 32.6. The summed E-state index contributed by atoms with van der Waals surface area (Å²) in [6.45, 7) is 9.03. The molecule has 2 aliphatic rings. The van der Waals surface area contributed by atoms with Crippen LogP contribution >= 0.6 is 0 Å². The van der Waals surface area contributed by atoms with Gasteiger partial charge in [-0.2, -0.15) is 10.2 Å². The number of aryl methyl sites for hydroxylation is 5. The first-order chi connectivity index (χ1) is 27.2. The molecule has 7 rings (SSSR count). The van der Waals surface area contributed by atoms with E-state index in [4.69, 9.17) is 37.4 Å². The molecule has 1 aliphatic heterocycles. The van der Waals surface area contributed by atoms with E-state index in [-0.39, 0.29) is 29.6 Å². The van der Waals surface area contributed by atoms with E-state index >= 15 is 0 Å². The van der Waals surface area contributed by atoms with Crippen LogP contribution in [0.3, 0.4) is 0 Å². The highest BCUT2D eigenvalue weighted by molar-refractivity contribution is 6.04. The maximum Gasteiger partial charge on any atom is 0.276 e. The number of amides is 4. The van der Waals surface area contributed by atoms with Crippen molar-refractivity contribution in [2.75, 3.05) is 19.0 Å². The number of benzene rings is 2. The lowest BCUT2D eigenvalue weighted by Crippen LogP contribution is -2.64. The Morgan fingerprint density at radius 3 is 2.16 bits per heavy atom. The fourth-order valence-electron chi connectivity index (χ4n) is 8.40. The van der Waals surface area contributed by atoms with Crippen LogP contribution in [0.4, 0.5) is 5.95 Å². The Morgan fingerprint density at radius 2 is 1.54 bits per heavy atom. The summed E-state index contributed by atoms with van der Waals surface area (Å²) in [6.07, 6.45) is 1.88. The van der Waals surface area contributed by atoms with Gasteiger partial charge in [0, 0.05) is 48.2 Å². The molecule has 0 fully saturated rings. The third-order valence-corrected chi connectivity index (χ3v) is 11.0. The maximum atomic E-state index is 13.9. The minimum atomic E-state index is -1.46. The van der Waals surface area contributed by atoms with E-state index in [1.54, 1.807) is 45.8 Å². The molecule has 5 aromatic rings. The van der Waals surface area contributed by atoms with Crippen molar-refractivity contribution in [3.05, 3.63) is 81.4 Å². The van der Waals surface area contributed by atoms with Gasteiger partial charge in [-0.25, -0.2) is 4.98 Å². The minimum Gasteiger partial charge on any atom is -0.494 e. The number of aromatic nitrogens is 6. The third kappa shape index (κ3) is 6.84. The number of fused-ring (bicyclic) bond motifs is 1. The molecule has 3 aromatic heterocycles. The van der Waals surface area contributed by atoms with Gasteiger partial charge in [-0.3, -0.25) is 33.9 Å². The van der Waals surface area contributed by atoms with Gasteiger partial charge in [0.25, 0.3) is 11.8 Å². The molecule has 0 saturated carbocycles. The summed E-state index contributed by atoms with van der Waals surface area (Å²) in [7, 11) is 1.49. The maximum absolute atomic E-state index is 13.9. The van der Waals surface area contributed by atoms with Crippen LogP contribution in [0.5, 0.6) is 11.5 Å². The molecule has 300 valence electrons. The first-order valence-electron chi connectivity index (χ1n) is 18.9. The zero-order valence-electron chi connectivity index (χ0n) is 32.6. The summed E-state index contributed by atoms with van der Waals surface area (Å²) in [5, 5.41) is 14.9. The van der Waals surface area contributed by atoms with Gasteiger partial charge in [0.05, 0.1) is 36.7 Å². The van der Waals surface area contributed by atoms with Crippen LogP contribution in [0.1, 0.15) is 109 Å². The first kappa shape index (κ1) is 39.0. The number of hydrogen-bond donors (Lipinski definition) is 6. The quantitative estimate of drug-likeness (QED) is 0.0704. The predicted octanol–water partition coefficient (Wildman–Crippen LogP) is 2.61. The fraction of sp³-hybridized carbons (Fsp3) is 0.410. The Morgan fingerprint density at radius 1 is 0.912 bits per heavy atom. The molecule has 10 N–H and O–H groups in total. The predicted molar refractivity (Wildman–Crippen MR) is 210 cm³/mol. The van der Waals surface area contributed by atoms with Crippen LogP contribution in [-0.4, -0.2) is 72.1 Å². The summed E-state index contributed by atoms with van der Waals surface area (Å²) in [5.41, 5.74) is 28.9. The molecule has 18 heteroatoms. The Labute approximate surface area is 328 Å². The number of ether oxygens (including phenoxy) is 2. The first-order valence-corrected chi connectivity index (χ1v) is 18.9. The lowest BCUT2D eigenvalue weighted by Gasteiger charge is -2.42. The Balaban J connectivity index is 1.18. The van der Waals surface area contributed by atoms with Crippen LogP contribution in [-0.2, 0) is 19.6 Å². The van der Waals surface area contributed by atoms with Crippen LogP contribution < -0.4 is 43.0 Å². The number of hydrogen-bond acceptors (Lipinski definition) is 11. The highest BCUT2D eigenvalue weighted by Gasteiger charge is 2.56. The summed E-state index contributed by atoms with van der Waals surface area (Å²) in [5.74, 6) is -1.68. The lowest BCUT2D eigenvalue weighted by atomic mass is 9.76. The number of methoxy groups -OCH3 is 1. The molecule has 0 radical (unpaired) electrons. The van der Waals surface area contributed by atoms with E-state index in [2.05, 4.69) is 20.8 Å². The number of carbonyl (C=O) groups excluding carboxylic acids is 4. The molecule has 1 aliphatic carbocycles. The zero-order chi connectivity index (χ0) is 40.9. The topological polar surface area (TPSA) is 268 Å². The van der Waals surface area contributed by atoms with Crippen molar-refractivity contribution in [1.82, 2.24) is 34.4 Å². The monoisotopic (exact) mass is 780 g/mol. The van der Waals surface area contributed by atoms with Crippen LogP contribution in [0.15, 0.2) is 36.4 Å². The second kappa shape index (κ2) is 15.0. The fourth-order valence-corrected chi connectivity index (χ4v) is 8.40.